The first-order valence-corrected chi connectivity index (χ1v) is 8.18. The summed E-state index contributed by atoms with van der Waals surface area (Å²) in [5.74, 6) is -0.0208. The second-order valence-corrected chi connectivity index (χ2v) is 5.98. The summed E-state index contributed by atoms with van der Waals surface area (Å²) in [7, 11) is 0. The van der Waals surface area contributed by atoms with E-state index in [0.29, 0.717) is 18.1 Å². The van der Waals surface area contributed by atoms with E-state index in [1.165, 1.54) is 11.0 Å². The van der Waals surface area contributed by atoms with E-state index in [1.54, 1.807) is 29.6 Å². The minimum absolute atomic E-state index is 0.0454. The van der Waals surface area contributed by atoms with E-state index in [0.717, 1.165) is 5.69 Å². The average Bonchev–Trinajstić information content (AvgIpc) is 3.33. The van der Waals surface area contributed by atoms with Gasteiger partial charge in [0.25, 0.3) is 0 Å². The van der Waals surface area contributed by atoms with Crippen molar-refractivity contribution in [3.05, 3.63) is 61.3 Å². The van der Waals surface area contributed by atoms with Crippen LogP contribution in [0.5, 0.6) is 0 Å². The van der Waals surface area contributed by atoms with E-state index in [1.807, 2.05) is 30.3 Å². The smallest absolute Gasteiger partial charge is 0.229 e. The predicted molar refractivity (Wildman–Crippen MR) is 94.7 cm³/mol. The highest BCUT2D eigenvalue weighted by Crippen LogP contribution is 2.25. The maximum absolute atomic E-state index is 12.5. The van der Waals surface area contributed by atoms with Gasteiger partial charge in [-0.2, -0.15) is 5.10 Å². The van der Waals surface area contributed by atoms with Gasteiger partial charge in [0, 0.05) is 18.7 Å². The van der Waals surface area contributed by atoms with Crippen molar-refractivity contribution >= 4 is 23.2 Å². The molecule has 1 aromatic carbocycles. The zero-order valence-corrected chi connectivity index (χ0v) is 13.8. The van der Waals surface area contributed by atoms with Crippen LogP contribution in [0.1, 0.15) is 6.42 Å². The Kier molecular flexibility index (Phi) is 4.14. The first kappa shape index (κ1) is 15.9. The van der Waals surface area contributed by atoms with Crippen LogP contribution in [0.4, 0.5) is 11.4 Å². The van der Waals surface area contributed by atoms with E-state index in [4.69, 9.17) is 0 Å². The number of aromatic nitrogens is 4. The van der Waals surface area contributed by atoms with E-state index in [-0.39, 0.29) is 18.2 Å². The molecule has 3 heterocycles. The van der Waals surface area contributed by atoms with Crippen molar-refractivity contribution in [3.8, 4) is 5.82 Å². The number of anilines is 2. The lowest BCUT2D eigenvalue weighted by Gasteiger charge is -2.16. The maximum atomic E-state index is 12.5. The van der Waals surface area contributed by atoms with Gasteiger partial charge < -0.3 is 10.2 Å². The molecule has 8 nitrogen and oxygen atoms in total. The molecule has 4 rings (SSSR count). The Morgan fingerprint density at radius 3 is 2.69 bits per heavy atom. The molecule has 1 fully saturated rings. The molecule has 26 heavy (non-hydrogen) atoms. The number of nitrogens with zero attached hydrogens (tertiary/aromatic N) is 5. The fourth-order valence-corrected chi connectivity index (χ4v) is 2.91. The highest BCUT2D eigenvalue weighted by atomic mass is 16.2. The number of hydrogen-bond acceptors (Lipinski definition) is 5. The number of hydrogen-bond donors (Lipinski definition) is 1. The van der Waals surface area contributed by atoms with Gasteiger partial charge in [0.2, 0.25) is 11.8 Å². The molecule has 1 N–H and O–H groups in total. The highest BCUT2D eigenvalue weighted by Gasteiger charge is 2.35. The number of rotatable bonds is 4. The standard InChI is InChI=1S/C18H16N6O2/c25-17-8-13(10-23(17)15-4-2-1-3-5-15)18(26)22-14-6-7-16(20-9-14)24-12-19-11-21-24/h1-7,9,11-13H,8,10H2,(H,22,26). The zero-order chi connectivity index (χ0) is 17.9. The molecule has 2 aromatic heterocycles. The molecule has 1 aliphatic rings. The molecular formula is C18H16N6O2. The molecule has 0 aliphatic carbocycles. The minimum Gasteiger partial charge on any atom is -0.324 e. The third-order valence-electron chi connectivity index (χ3n) is 4.23. The molecule has 0 bridgehead atoms. The largest absolute Gasteiger partial charge is 0.324 e. The average molecular weight is 348 g/mol. The molecule has 0 spiro atoms. The number of benzene rings is 1. The number of amides is 2. The summed E-state index contributed by atoms with van der Waals surface area (Å²) in [4.78, 5) is 34.5. The predicted octanol–water partition coefficient (Wildman–Crippen LogP) is 1.65. The van der Waals surface area contributed by atoms with Crippen LogP contribution in [0.25, 0.3) is 5.82 Å². The quantitative estimate of drug-likeness (QED) is 0.774. The molecule has 1 aliphatic heterocycles. The fourth-order valence-electron chi connectivity index (χ4n) is 2.91. The molecule has 2 amide bonds. The molecule has 130 valence electrons. The molecular weight excluding hydrogens is 332 g/mol. The van der Waals surface area contributed by atoms with Gasteiger partial charge >= 0.3 is 0 Å². The Bertz CT molecular complexity index is 909. The van der Waals surface area contributed by atoms with Crippen LogP contribution in [0.2, 0.25) is 0 Å². The molecule has 0 radical (unpaired) electrons. The van der Waals surface area contributed by atoms with Crippen LogP contribution in [0.3, 0.4) is 0 Å². The number of carbonyl (C=O) groups is 2. The van der Waals surface area contributed by atoms with Crippen molar-refractivity contribution in [2.24, 2.45) is 5.92 Å². The van der Waals surface area contributed by atoms with Crippen molar-refractivity contribution in [1.82, 2.24) is 19.7 Å². The van der Waals surface area contributed by atoms with Crippen LogP contribution < -0.4 is 10.2 Å². The Labute approximate surface area is 149 Å². The van der Waals surface area contributed by atoms with Crippen molar-refractivity contribution in [1.29, 1.82) is 0 Å². The summed E-state index contributed by atoms with van der Waals surface area (Å²) in [6.45, 7) is 0.374. The van der Waals surface area contributed by atoms with E-state index < -0.39 is 5.92 Å². The van der Waals surface area contributed by atoms with Gasteiger partial charge in [-0.3, -0.25) is 9.59 Å². The summed E-state index contributed by atoms with van der Waals surface area (Å²) in [5, 5.41) is 6.82. The van der Waals surface area contributed by atoms with Crippen molar-refractivity contribution < 1.29 is 9.59 Å². The second-order valence-electron chi connectivity index (χ2n) is 5.98. The fraction of sp³-hybridized carbons (Fsp3) is 0.167. The van der Waals surface area contributed by atoms with E-state index in [9.17, 15) is 9.59 Å². The van der Waals surface area contributed by atoms with Gasteiger partial charge in [-0.25, -0.2) is 14.6 Å². The summed E-state index contributed by atoms with van der Waals surface area (Å²) in [6.07, 6.45) is 4.72. The topological polar surface area (TPSA) is 93.0 Å². The maximum Gasteiger partial charge on any atom is 0.229 e. The summed E-state index contributed by atoms with van der Waals surface area (Å²) in [6, 6.07) is 12.9. The number of pyridine rings is 1. The van der Waals surface area contributed by atoms with Gasteiger partial charge in [-0.1, -0.05) is 18.2 Å². The minimum atomic E-state index is -0.391. The Morgan fingerprint density at radius 2 is 2.00 bits per heavy atom. The number of para-hydroxylation sites is 1. The summed E-state index contributed by atoms with van der Waals surface area (Å²) in [5.41, 5.74) is 1.39. The summed E-state index contributed by atoms with van der Waals surface area (Å²) < 4.78 is 1.53. The first-order valence-electron chi connectivity index (χ1n) is 8.18. The Balaban J connectivity index is 1.41. The lowest BCUT2D eigenvalue weighted by Crippen LogP contribution is -2.28. The normalized spacial score (nSPS) is 16.7. The lowest BCUT2D eigenvalue weighted by atomic mass is 10.1. The molecule has 1 saturated heterocycles. The van der Waals surface area contributed by atoms with Gasteiger partial charge in [0.1, 0.15) is 12.7 Å². The van der Waals surface area contributed by atoms with Crippen LogP contribution in [-0.4, -0.2) is 38.1 Å². The molecule has 0 saturated carbocycles. The van der Waals surface area contributed by atoms with Crippen LogP contribution >= 0.6 is 0 Å². The zero-order valence-electron chi connectivity index (χ0n) is 13.8. The van der Waals surface area contributed by atoms with Crippen LogP contribution in [0, 0.1) is 5.92 Å². The second kappa shape index (κ2) is 6.75. The monoisotopic (exact) mass is 348 g/mol. The van der Waals surface area contributed by atoms with Gasteiger partial charge in [-0.15, -0.1) is 0 Å². The SMILES string of the molecule is O=C(Nc1ccc(-n2cncn2)nc1)C1CC(=O)N(c2ccccc2)C1. The van der Waals surface area contributed by atoms with E-state index in [2.05, 4.69) is 20.4 Å². The van der Waals surface area contributed by atoms with E-state index >= 15 is 0 Å². The molecule has 1 atom stereocenters. The van der Waals surface area contributed by atoms with Crippen molar-refractivity contribution in [3.63, 3.8) is 0 Å². The third kappa shape index (κ3) is 3.16. The summed E-state index contributed by atoms with van der Waals surface area (Å²) >= 11 is 0. The Morgan fingerprint density at radius 1 is 1.15 bits per heavy atom. The Hall–Kier alpha value is -3.55. The molecule has 3 aromatic rings. The van der Waals surface area contributed by atoms with Crippen molar-refractivity contribution in [2.75, 3.05) is 16.8 Å². The molecule has 8 heteroatoms. The van der Waals surface area contributed by atoms with Gasteiger partial charge in [0.15, 0.2) is 5.82 Å². The number of carbonyl (C=O) groups excluding carboxylic acids is 2. The lowest BCUT2D eigenvalue weighted by molar-refractivity contribution is -0.122. The third-order valence-corrected chi connectivity index (χ3v) is 4.23. The van der Waals surface area contributed by atoms with Gasteiger partial charge in [-0.05, 0) is 24.3 Å². The van der Waals surface area contributed by atoms with Crippen LogP contribution in [-0.2, 0) is 9.59 Å². The number of nitrogens with one attached hydrogen (secondary N) is 1. The van der Waals surface area contributed by atoms with Crippen LogP contribution in [0.15, 0.2) is 61.3 Å². The first-order chi connectivity index (χ1) is 12.7. The highest BCUT2D eigenvalue weighted by molar-refractivity contribution is 6.03. The van der Waals surface area contributed by atoms with Gasteiger partial charge in [0.05, 0.1) is 17.8 Å². The van der Waals surface area contributed by atoms with Crippen molar-refractivity contribution in [2.45, 2.75) is 6.42 Å². The molecule has 1 unspecified atom stereocenters.